The van der Waals surface area contributed by atoms with Gasteiger partial charge in [-0.1, -0.05) is 30.3 Å². The van der Waals surface area contributed by atoms with Crippen molar-refractivity contribution < 1.29 is 9.53 Å². The third-order valence-electron chi connectivity index (χ3n) is 2.80. The number of rotatable bonds is 3. The van der Waals surface area contributed by atoms with Gasteiger partial charge in [0, 0.05) is 12.2 Å². The van der Waals surface area contributed by atoms with Gasteiger partial charge in [-0.05, 0) is 43.7 Å². The molecule has 0 atom stereocenters. The number of hydrogen-bond acceptors (Lipinski definition) is 2. The Labute approximate surface area is 113 Å². The van der Waals surface area contributed by atoms with Crippen LogP contribution in [0.4, 0.5) is 10.5 Å². The molecule has 0 aromatic heterocycles. The van der Waals surface area contributed by atoms with Gasteiger partial charge >= 0.3 is 6.09 Å². The van der Waals surface area contributed by atoms with Gasteiger partial charge in [0.2, 0.25) is 0 Å². The summed E-state index contributed by atoms with van der Waals surface area (Å²) in [6, 6.07) is 16.9. The molecule has 0 heterocycles. The van der Waals surface area contributed by atoms with Crippen molar-refractivity contribution in [3.8, 4) is 5.75 Å². The van der Waals surface area contributed by atoms with E-state index < -0.39 is 0 Å². The number of hydrogen-bond donors (Lipinski definition) is 0. The average molecular weight is 255 g/mol. The van der Waals surface area contributed by atoms with Gasteiger partial charge in [0.25, 0.3) is 0 Å². The smallest absolute Gasteiger partial charge is 0.410 e. The zero-order chi connectivity index (χ0) is 13.7. The monoisotopic (exact) mass is 255 g/mol. The Bertz CT molecular complexity index is 552. The largest absolute Gasteiger partial charge is 0.419 e. The highest BCUT2D eigenvalue weighted by atomic mass is 16.6. The van der Waals surface area contributed by atoms with Gasteiger partial charge < -0.3 is 4.74 Å². The maximum atomic E-state index is 12.2. The van der Waals surface area contributed by atoms with Crippen molar-refractivity contribution in [1.29, 1.82) is 0 Å². The molecule has 0 spiro atoms. The second-order valence-electron chi connectivity index (χ2n) is 4.26. The second-order valence-corrected chi connectivity index (χ2v) is 4.26. The van der Waals surface area contributed by atoms with Crippen LogP contribution in [0.3, 0.4) is 0 Å². The van der Waals surface area contributed by atoms with E-state index in [1.165, 1.54) is 0 Å². The molecule has 0 saturated carbocycles. The minimum Gasteiger partial charge on any atom is -0.410 e. The van der Waals surface area contributed by atoms with Crippen LogP contribution in [0.15, 0.2) is 54.6 Å². The summed E-state index contributed by atoms with van der Waals surface area (Å²) in [6.07, 6.45) is -0.362. The van der Waals surface area contributed by atoms with Crippen LogP contribution >= 0.6 is 0 Å². The van der Waals surface area contributed by atoms with Gasteiger partial charge in [0.05, 0.1) is 0 Å². The lowest BCUT2D eigenvalue weighted by Crippen LogP contribution is -2.33. The lowest BCUT2D eigenvalue weighted by atomic mass is 10.2. The summed E-state index contributed by atoms with van der Waals surface area (Å²) in [4.78, 5) is 13.8. The summed E-state index contributed by atoms with van der Waals surface area (Å²) >= 11 is 0. The Kier molecular flexibility index (Phi) is 4.18. The molecule has 0 unspecified atom stereocenters. The summed E-state index contributed by atoms with van der Waals surface area (Å²) in [5, 5.41) is 0. The van der Waals surface area contributed by atoms with Crippen LogP contribution in [0.5, 0.6) is 5.75 Å². The minimum atomic E-state index is -0.362. The molecule has 3 nitrogen and oxygen atoms in total. The Morgan fingerprint density at radius 2 is 1.84 bits per heavy atom. The molecule has 3 heteroatoms. The Morgan fingerprint density at radius 3 is 2.47 bits per heavy atom. The molecule has 0 aliphatic rings. The van der Waals surface area contributed by atoms with Gasteiger partial charge in [0.15, 0.2) is 0 Å². The van der Waals surface area contributed by atoms with Crippen LogP contribution in [0, 0.1) is 6.92 Å². The Balaban J connectivity index is 2.16. The number of benzene rings is 2. The number of carbonyl (C=O) groups is 1. The maximum absolute atomic E-state index is 12.2. The first kappa shape index (κ1) is 13.1. The zero-order valence-corrected chi connectivity index (χ0v) is 11.2. The van der Waals surface area contributed by atoms with Gasteiger partial charge in [-0.15, -0.1) is 0 Å². The van der Waals surface area contributed by atoms with E-state index in [9.17, 15) is 4.79 Å². The van der Waals surface area contributed by atoms with E-state index in [1.54, 1.807) is 17.0 Å². The zero-order valence-electron chi connectivity index (χ0n) is 11.2. The average Bonchev–Trinajstić information content (AvgIpc) is 2.41. The number of anilines is 1. The van der Waals surface area contributed by atoms with Crippen molar-refractivity contribution in [3.63, 3.8) is 0 Å². The lowest BCUT2D eigenvalue weighted by Gasteiger charge is -2.20. The first-order valence-electron chi connectivity index (χ1n) is 6.31. The fraction of sp³-hybridized carbons (Fsp3) is 0.188. The number of carbonyl (C=O) groups excluding carboxylic acids is 1. The molecule has 1 amide bonds. The number of para-hydroxylation sites is 1. The second kappa shape index (κ2) is 6.05. The summed E-state index contributed by atoms with van der Waals surface area (Å²) in [7, 11) is 0. The van der Waals surface area contributed by atoms with Crippen LogP contribution in [0.25, 0.3) is 0 Å². The highest BCUT2D eigenvalue weighted by Crippen LogP contribution is 2.18. The van der Waals surface area contributed by atoms with Crippen molar-refractivity contribution in [3.05, 3.63) is 60.2 Å². The van der Waals surface area contributed by atoms with Crippen molar-refractivity contribution >= 4 is 11.8 Å². The van der Waals surface area contributed by atoms with Gasteiger partial charge in [-0.25, -0.2) is 4.79 Å². The van der Waals surface area contributed by atoms with Crippen LogP contribution in [0.2, 0.25) is 0 Å². The molecule has 0 bridgehead atoms. The number of nitrogens with zero attached hydrogens (tertiary/aromatic N) is 1. The molecular formula is C16H17NO2. The van der Waals surface area contributed by atoms with E-state index in [4.69, 9.17) is 4.74 Å². The van der Waals surface area contributed by atoms with E-state index in [2.05, 4.69) is 0 Å². The highest BCUT2D eigenvalue weighted by molar-refractivity contribution is 5.89. The molecule has 98 valence electrons. The molecule has 2 aromatic carbocycles. The third-order valence-corrected chi connectivity index (χ3v) is 2.80. The SMILES string of the molecule is CCN(C(=O)Oc1ccccc1)c1cccc(C)c1. The van der Waals surface area contributed by atoms with E-state index in [-0.39, 0.29) is 6.09 Å². The van der Waals surface area contributed by atoms with Crippen LogP contribution in [-0.4, -0.2) is 12.6 Å². The van der Waals surface area contributed by atoms with Crippen molar-refractivity contribution in [2.24, 2.45) is 0 Å². The van der Waals surface area contributed by atoms with E-state index in [0.29, 0.717) is 12.3 Å². The topological polar surface area (TPSA) is 29.5 Å². The Morgan fingerprint density at radius 1 is 1.11 bits per heavy atom. The first-order chi connectivity index (χ1) is 9.20. The molecule has 2 rings (SSSR count). The predicted octanol–water partition coefficient (Wildman–Crippen LogP) is 4.02. The molecular weight excluding hydrogens is 238 g/mol. The van der Waals surface area contributed by atoms with Crippen molar-refractivity contribution in [2.45, 2.75) is 13.8 Å². The minimum absolute atomic E-state index is 0.362. The van der Waals surface area contributed by atoms with E-state index in [1.807, 2.05) is 56.3 Å². The van der Waals surface area contributed by atoms with Gasteiger partial charge in [0.1, 0.15) is 5.75 Å². The number of amides is 1. The van der Waals surface area contributed by atoms with E-state index >= 15 is 0 Å². The van der Waals surface area contributed by atoms with Crippen LogP contribution < -0.4 is 9.64 Å². The predicted molar refractivity (Wildman–Crippen MR) is 76.7 cm³/mol. The summed E-state index contributed by atoms with van der Waals surface area (Å²) < 4.78 is 5.35. The highest BCUT2D eigenvalue weighted by Gasteiger charge is 2.15. The molecule has 0 aliphatic heterocycles. The maximum Gasteiger partial charge on any atom is 0.419 e. The molecule has 0 saturated heterocycles. The first-order valence-corrected chi connectivity index (χ1v) is 6.31. The van der Waals surface area contributed by atoms with Crippen LogP contribution in [0.1, 0.15) is 12.5 Å². The molecule has 0 fully saturated rings. The van der Waals surface area contributed by atoms with Crippen molar-refractivity contribution in [1.82, 2.24) is 0 Å². The normalized spacial score (nSPS) is 10.0. The third kappa shape index (κ3) is 3.35. The van der Waals surface area contributed by atoms with E-state index in [0.717, 1.165) is 11.3 Å². The molecule has 19 heavy (non-hydrogen) atoms. The quantitative estimate of drug-likeness (QED) is 0.829. The van der Waals surface area contributed by atoms with Crippen molar-refractivity contribution in [2.75, 3.05) is 11.4 Å². The fourth-order valence-corrected chi connectivity index (χ4v) is 1.86. The summed E-state index contributed by atoms with van der Waals surface area (Å²) in [6.45, 7) is 4.49. The number of aryl methyl sites for hydroxylation is 1. The standard InChI is InChI=1S/C16H17NO2/c1-3-17(14-9-7-8-13(2)12-14)16(18)19-15-10-5-4-6-11-15/h4-12H,3H2,1-2H3. The fourth-order valence-electron chi connectivity index (χ4n) is 1.86. The summed E-state index contributed by atoms with van der Waals surface area (Å²) in [5.74, 6) is 0.554. The molecule has 0 radical (unpaired) electrons. The molecule has 2 aromatic rings. The Hall–Kier alpha value is -2.29. The number of ether oxygens (including phenoxy) is 1. The van der Waals surface area contributed by atoms with Crippen LogP contribution in [-0.2, 0) is 0 Å². The lowest BCUT2D eigenvalue weighted by molar-refractivity contribution is 0.208. The van der Waals surface area contributed by atoms with Gasteiger partial charge in [-0.3, -0.25) is 4.90 Å². The molecule has 0 N–H and O–H groups in total. The summed E-state index contributed by atoms with van der Waals surface area (Å²) in [5.41, 5.74) is 1.96. The van der Waals surface area contributed by atoms with Gasteiger partial charge in [-0.2, -0.15) is 0 Å². The molecule has 0 aliphatic carbocycles.